The average molecular weight is 510 g/mol. The Hall–Kier alpha value is -4.80. The van der Waals surface area contributed by atoms with Gasteiger partial charge in [0.1, 0.15) is 46.2 Å². The van der Waals surface area contributed by atoms with Crippen molar-refractivity contribution in [3.05, 3.63) is 93.4 Å². The summed E-state index contributed by atoms with van der Waals surface area (Å²) in [5.41, 5.74) is 2.81. The fourth-order valence-corrected chi connectivity index (χ4v) is 5.04. The molecule has 9 nitrogen and oxygen atoms in total. The fraction of sp³-hybridized carbons (Fsp3) is 0.250. The van der Waals surface area contributed by atoms with Gasteiger partial charge in [0.2, 0.25) is 0 Å². The Morgan fingerprint density at radius 1 is 1.03 bits per heavy atom. The Labute approximate surface area is 218 Å². The van der Waals surface area contributed by atoms with Gasteiger partial charge >= 0.3 is 0 Å². The van der Waals surface area contributed by atoms with Gasteiger partial charge in [-0.1, -0.05) is 12.1 Å². The minimum atomic E-state index is -0.411. The zero-order valence-corrected chi connectivity index (χ0v) is 20.9. The first-order chi connectivity index (χ1) is 18.5. The third kappa shape index (κ3) is 4.32. The number of piperazine rings is 1. The van der Waals surface area contributed by atoms with Gasteiger partial charge in [-0.05, 0) is 42.0 Å². The van der Waals surface area contributed by atoms with Crippen molar-refractivity contribution in [3.63, 3.8) is 0 Å². The summed E-state index contributed by atoms with van der Waals surface area (Å²) >= 11 is 0. The summed E-state index contributed by atoms with van der Waals surface area (Å²) in [5.74, 6) is 0.304. The Kier molecular flexibility index (Phi) is 6.73. The van der Waals surface area contributed by atoms with E-state index in [4.69, 9.17) is 4.74 Å². The normalized spacial score (nSPS) is 14.6. The van der Waals surface area contributed by atoms with Gasteiger partial charge in [0.25, 0.3) is 5.56 Å². The standard InChI is InChI=1S/C28H24FN7O2/c1-34-22-10-9-20(16-30)33-24(22)27(21(17-31)28(34)37)36-14-12-35(13-15-36)26(18-5-7-19(29)8-6-18)25-23(38-2)4-3-11-32-25/h3-11,26H,12-15H2,1-2H3. The maximum absolute atomic E-state index is 13.8. The number of halogens is 1. The Balaban J connectivity index is 1.54. The van der Waals surface area contributed by atoms with Gasteiger partial charge < -0.3 is 14.2 Å². The second-order valence-corrected chi connectivity index (χ2v) is 8.94. The van der Waals surface area contributed by atoms with Gasteiger partial charge in [-0.2, -0.15) is 10.5 Å². The minimum Gasteiger partial charge on any atom is -0.495 e. The topological polar surface area (TPSA) is 111 Å². The van der Waals surface area contributed by atoms with Crippen LogP contribution in [0.5, 0.6) is 5.75 Å². The third-order valence-corrected chi connectivity index (χ3v) is 6.90. The number of nitrogens with zero attached hydrogens (tertiary/aromatic N) is 7. The predicted molar refractivity (Wildman–Crippen MR) is 139 cm³/mol. The van der Waals surface area contributed by atoms with E-state index in [1.54, 1.807) is 50.7 Å². The van der Waals surface area contributed by atoms with Crippen LogP contribution in [0.4, 0.5) is 10.1 Å². The first-order valence-corrected chi connectivity index (χ1v) is 12.0. The Morgan fingerprint density at radius 2 is 1.76 bits per heavy atom. The van der Waals surface area contributed by atoms with Crippen molar-refractivity contribution in [3.8, 4) is 17.9 Å². The first kappa shape index (κ1) is 24.9. The molecule has 3 aromatic heterocycles. The molecule has 0 aliphatic carbocycles. The third-order valence-electron chi connectivity index (χ3n) is 6.90. The Bertz CT molecular complexity index is 1650. The van der Waals surface area contributed by atoms with E-state index in [9.17, 15) is 19.7 Å². The molecule has 1 aliphatic rings. The van der Waals surface area contributed by atoms with Crippen molar-refractivity contribution in [2.75, 3.05) is 38.2 Å². The van der Waals surface area contributed by atoms with E-state index in [1.807, 2.05) is 17.0 Å². The lowest BCUT2D eigenvalue weighted by molar-refractivity contribution is 0.205. The lowest BCUT2D eigenvalue weighted by Gasteiger charge is -2.40. The minimum absolute atomic E-state index is 0.00230. The largest absolute Gasteiger partial charge is 0.495 e. The van der Waals surface area contributed by atoms with Gasteiger partial charge in [-0.3, -0.25) is 14.7 Å². The molecule has 0 radical (unpaired) electrons. The highest BCUT2D eigenvalue weighted by Crippen LogP contribution is 2.35. The van der Waals surface area contributed by atoms with Crippen LogP contribution in [-0.4, -0.2) is 52.7 Å². The number of hydrogen-bond acceptors (Lipinski definition) is 8. The number of ether oxygens (including phenoxy) is 1. The van der Waals surface area contributed by atoms with Gasteiger partial charge in [0.05, 0.1) is 24.4 Å². The number of hydrogen-bond donors (Lipinski definition) is 0. The molecule has 1 aliphatic heterocycles. The maximum atomic E-state index is 13.8. The van der Waals surface area contributed by atoms with E-state index in [0.29, 0.717) is 54.3 Å². The zero-order chi connectivity index (χ0) is 26.8. The second kappa shape index (κ2) is 10.3. The summed E-state index contributed by atoms with van der Waals surface area (Å²) in [5, 5.41) is 19.3. The second-order valence-electron chi connectivity index (χ2n) is 8.94. The molecule has 0 bridgehead atoms. The quantitative estimate of drug-likeness (QED) is 0.404. The molecule has 0 N–H and O–H groups in total. The molecule has 0 amide bonds. The average Bonchev–Trinajstić information content (AvgIpc) is 2.96. The molecule has 0 saturated carbocycles. The molecular weight excluding hydrogens is 485 g/mol. The summed E-state index contributed by atoms with van der Waals surface area (Å²) in [6.45, 7) is 2.09. The van der Waals surface area contributed by atoms with Crippen LogP contribution in [0, 0.1) is 28.5 Å². The highest BCUT2D eigenvalue weighted by molar-refractivity contribution is 5.92. The van der Waals surface area contributed by atoms with Crippen molar-refractivity contribution in [1.29, 1.82) is 10.5 Å². The number of rotatable bonds is 5. The highest BCUT2D eigenvalue weighted by atomic mass is 19.1. The summed E-state index contributed by atoms with van der Waals surface area (Å²) in [7, 11) is 3.18. The van der Waals surface area contributed by atoms with Gasteiger partial charge in [-0.15, -0.1) is 0 Å². The lowest BCUT2D eigenvalue weighted by atomic mass is 9.99. The van der Waals surface area contributed by atoms with E-state index >= 15 is 0 Å². The molecule has 38 heavy (non-hydrogen) atoms. The number of aromatic nitrogens is 3. The summed E-state index contributed by atoms with van der Waals surface area (Å²) in [6.07, 6.45) is 1.70. The number of pyridine rings is 3. The predicted octanol–water partition coefficient (Wildman–Crippen LogP) is 3.13. The number of nitriles is 2. The number of aryl methyl sites for hydroxylation is 1. The van der Waals surface area contributed by atoms with Crippen LogP contribution in [0.1, 0.15) is 28.6 Å². The van der Waals surface area contributed by atoms with Gasteiger partial charge in [-0.25, -0.2) is 9.37 Å². The van der Waals surface area contributed by atoms with Crippen LogP contribution in [0.25, 0.3) is 11.0 Å². The van der Waals surface area contributed by atoms with Crippen LogP contribution in [0.3, 0.4) is 0 Å². The van der Waals surface area contributed by atoms with Crippen molar-refractivity contribution >= 4 is 16.7 Å². The maximum Gasteiger partial charge on any atom is 0.270 e. The molecule has 1 fully saturated rings. The summed E-state index contributed by atoms with van der Waals surface area (Å²) in [6, 6.07) is 17.0. The number of fused-ring (bicyclic) bond motifs is 1. The molecule has 1 aromatic carbocycles. The molecule has 4 heterocycles. The van der Waals surface area contributed by atoms with Crippen LogP contribution >= 0.6 is 0 Å². The molecular formula is C28H24FN7O2. The Morgan fingerprint density at radius 3 is 2.42 bits per heavy atom. The monoisotopic (exact) mass is 509 g/mol. The fourth-order valence-electron chi connectivity index (χ4n) is 5.04. The van der Waals surface area contributed by atoms with Gasteiger partial charge in [0.15, 0.2) is 0 Å². The molecule has 1 saturated heterocycles. The van der Waals surface area contributed by atoms with Crippen LogP contribution in [0.2, 0.25) is 0 Å². The van der Waals surface area contributed by atoms with E-state index < -0.39 is 5.56 Å². The first-order valence-electron chi connectivity index (χ1n) is 12.0. The van der Waals surface area contributed by atoms with E-state index in [-0.39, 0.29) is 23.1 Å². The number of anilines is 1. The summed E-state index contributed by atoms with van der Waals surface area (Å²) < 4.78 is 20.7. The van der Waals surface area contributed by atoms with E-state index in [0.717, 1.165) is 5.56 Å². The van der Waals surface area contributed by atoms with Crippen LogP contribution < -0.4 is 15.2 Å². The molecule has 0 spiro atoms. The molecule has 1 atom stereocenters. The molecule has 5 rings (SSSR count). The number of benzene rings is 1. The lowest BCUT2D eigenvalue weighted by Crippen LogP contribution is -2.49. The van der Waals surface area contributed by atoms with Crippen molar-refractivity contribution < 1.29 is 9.13 Å². The summed E-state index contributed by atoms with van der Waals surface area (Å²) in [4.78, 5) is 26.3. The molecule has 4 aromatic rings. The van der Waals surface area contributed by atoms with Crippen molar-refractivity contribution in [2.45, 2.75) is 6.04 Å². The van der Waals surface area contributed by atoms with E-state index in [2.05, 4.69) is 20.9 Å². The molecule has 1 unspecified atom stereocenters. The van der Waals surface area contributed by atoms with Crippen LogP contribution in [-0.2, 0) is 7.05 Å². The van der Waals surface area contributed by atoms with Crippen molar-refractivity contribution in [2.24, 2.45) is 7.05 Å². The van der Waals surface area contributed by atoms with Gasteiger partial charge in [0, 0.05) is 39.4 Å². The van der Waals surface area contributed by atoms with Crippen molar-refractivity contribution in [1.82, 2.24) is 19.4 Å². The van der Waals surface area contributed by atoms with Crippen LogP contribution in [0.15, 0.2) is 59.5 Å². The smallest absolute Gasteiger partial charge is 0.270 e. The SMILES string of the molecule is COc1cccnc1C(c1ccc(F)cc1)N1CCN(c2c(C#N)c(=O)n(C)c3ccc(C#N)nc23)CC1. The molecule has 190 valence electrons. The molecule has 10 heteroatoms. The highest BCUT2D eigenvalue weighted by Gasteiger charge is 2.32. The van der Waals surface area contributed by atoms with E-state index in [1.165, 1.54) is 16.7 Å². The zero-order valence-electron chi connectivity index (χ0n) is 20.9. The number of methoxy groups -OCH3 is 1.